The van der Waals surface area contributed by atoms with Crippen molar-refractivity contribution < 1.29 is 4.39 Å². The summed E-state index contributed by atoms with van der Waals surface area (Å²) in [5, 5.41) is 3.95. The molecule has 3 atom stereocenters. The van der Waals surface area contributed by atoms with Crippen molar-refractivity contribution in [2.45, 2.75) is 39.3 Å². The fourth-order valence-corrected chi connectivity index (χ4v) is 2.82. The average Bonchev–Trinajstić information content (AvgIpc) is 2.60. The minimum atomic E-state index is -0.219. The quantitative estimate of drug-likeness (QED) is 0.861. The number of rotatable bonds is 3. The van der Waals surface area contributed by atoms with E-state index in [0.29, 0.717) is 29.1 Å². The van der Waals surface area contributed by atoms with Crippen LogP contribution in [0.5, 0.6) is 0 Å². The van der Waals surface area contributed by atoms with Gasteiger partial charge in [0.25, 0.3) is 0 Å². The van der Waals surface area contributed by atoms with Crippen molar-refractivity contribution in [2.75, 3.05) is 0 Å². The van der Waals surface area contributed by atoms with Crippen LogP contribution in [0.4, 0.5) is 4.39 Å². The van der Waals surface area contributed by atoms with Crippen molar-refractivity contribution in [3.8, 4) is 0 Å². The van der Waals surface area contributed by atoms with E-state index in [9.17, 15) is 4.39 Å². The van der Waals surface area contributed by atoms with Gasteiger partial charge in [-0.05, 0) is 36.8 Å². The van der Waals surface area contributed by atoms with Crippen LogP contribution in [0.3, 0.4) is 0 Å². The fourth-order valence-electron chi connectivity index (χ4n) is 2.59. The molecule has 0 aliphatic heterocycles. The van der Waals surface area contributed by atoms with Gasteiger partial charge in [-0.1, -0.05) is 31.5 Å². The van der Waals surface area contributed by atoms with Gasteiger partial charge in [0, 0.05) is 23.2 Å². The Balaban J connectivity index is 1.99. The van der Waals surface area contributed by atoms with E-state index >= 15 is 0 Å². The summed E-state index contributed by atoms with van der Waals surface area (Å²) in [6.45, 7) is 5.06. The molecule has 0 bridgehead atoms. The maximum atomic E-state index is 13.6. The largest absolute Gasteiger partial charge is 0.309 e. The van der Waals surface area contributed by atoms with Gasteiger partial charge in [-0.2, -0.15) is 0 Å². The summed E-state index contributed by atoms with van der Waals surface area (Å²) in [7, 11) is 0. The molecule has 17 heavy (non-hydrogen) atoms. The van der Waals surface area contributed by atoms with Crippen LogP contribution in [-0.2, 0) is 6.54 Å². The van der Waals surface area contributed by atoms with Crippen LogP contribution >= 0.6 is 11.6 Å². The van der Waals surface area contributed by atoms with E-state index in [1.165, 1.54) is 18.9 Å². The van der Waals surface area contributed by atoms with Crippen LogP contribution in [0.1, 0.15) is 32.3 Å². The second kappa shape index (κ2) is 5.36. The molecule has 2 rings (SSSR count). The normalized spacial score (nSPS) is 28.6. The van der Waals surface area contributed by atoms with E-state index < -0.39 is 0 Å². The second-order valence-electron chi connectivity index (χ2n) is 5.10. The van der Waals surface area contributed by atoms with E-state index in [0.717, 1.165) is 5.92 Å². The maximum Gasteiger partial charge on any atom is 0.129 e. The van der Waals surface area contributed by atoms with E-state index in [4.69, 9.17) is 11.6 Å². The Bertz CT molecular complexity index is 374. The van der Waals surface area contributed by atoms with Crippen molar-refractivity contribution in [1.29, 1.82) is 0 Å². The van der Waals surface area contributed by atoms with Crippen LogP contribution in [0.15, 0.2) is 18.2 Å². The summed E-state index contributed by atoms with van der Waals surface area (Å²) in [6, 6.07) is 5.33. The first-order chi connectivity index (χ1) is 8.09. The van der Waals surface area contributed by atoms with Gasteiger partial charge in [0.2, 0.25) is 0 Å². The molecule has 0 spiro atoms. The Morgan fingerprint density at radius 1 is 1.35 bits per heavy atom. The fraction of sp³-hybridized carbons (Fsp3) is 0.571. The number of nitrogens with one attached hydrogen (secondary N) is 1. The van der Waals surface area contributed by atoms with Gasteiger partial charge < -0.3 is 5.32 Å². The molecular formula is C14H19ClFN. The summed E-state index contributed by atoms with van der Waals surface area (Å²) in [5.74, 6) is 1.19. The molecule has 1 nitrogen and oxygen atoms in total. The highest BCUT2D eigenvalue weighted by Gasteiger charge is 2.29. The lowest BCUT2D eigenvalue weighted by molar-refractivity contribution is 0.368. The maximum absolute atomic E-state index is 13.6. The van der Waals surface area contributed by atoms with Crippen molar-refractivity contribution >= 4 is 11.6 Å². The van der Waals surface area contributed by atoms with E-state index in [1.807, 2.05) is 0 Å². The van der Waals surface area contributed by atoms with Crippen molar-refractivity contribution in [3.63, 3.8) is 0 Å². The Labute approximate surface area is 107 Å². The topological polar surface area (TPSA) is 12.0 Å². The third kappa shape index (κ3) is 2.80. The average molecular weight is 256 g/mol. The van der Waals surface area contributed by atoms with Gasteiger partial charge >= 0.3 is 0 Å². The monoisotopic (exact) mass is 255 g/mol. The first-order valence-electron chi connectivity index (χ1n) is 6.26. The standard InChI is InChI=1S/C14H19ClFN/c1-9-6-7-14(10(9)2)17-8-11-12(15)4-3-5-13(11)16/h3-5,9-10,14,17H,6-8H2,1-2H3. The number of benzene rings is 1. The van der Waals surface area contributed by atoms with Crippen LogP contribution < -0.4 is 5.32 Å². The Morgan fingerprint density at radius 3 is 2.71 bits per heavy atom. The molecule has 94 valence electrons. The SMILES string of the molecule is CC1CCC(NCc2c(F)cccc2Cl)C1C. The first kappa shape index (κ1) is 12.8. The molecule has 0 aromatic heterocycles. The van der Waals surface area contributed by atoms with Gasteiger partial charge in [-0.15, -0.1) is 0 Å². The molecule has 1 aliphatic rings. The smallest absolute Gasteiger partial charge is 0.129 e. The van der Waals surface area contributed by atoms with Gasteiger partial charge in [0.1, 0.15) is 5.82 Å². The lowest BCUT2D eigenvalue weighted by Gasteiger charge is -2.20. The molecule has 1 aromatic carbocycles. The highest BCUT2D eigenvalue weighted by molar-refractivity contribution is 6.31. The predicted octanol–water partition coefficient (Wildman–Crippen LogP) is 4.00. The third-order valence-corrected chi connectivity index (χ3v) is 4.42. The lowest BCUT2D eigenvalue weighted by Crippen LogP contribution is -2.32. The van der Waals surface area contributed by atoms with Crippen molar-refractivity contribution in [1.82, 2.24) is 5.32 Å². The highest BCUT2D eigenvalue weighted by Crippen LogP contribution is 2.31. The van der Waals surface area contributed by atoms with Crippen molar-refractivity contribution in [2.24, 2.45) is 11.8 Å². The summed E-state index contributed by atoms with van der Waals surface area (Å²) >= 11 is 6.00. The Kier molecular flexibility index (Phi) is 4.05. The summed E-state index contributed by atoms with van der Waals surface area (Å²) in [5.41, 5.74) is 0.584. The highest BCUT2D eigenvalue weighted by atomic mass is 35.5. The number of hydrogen-bond donors (Lipinski definition) is 1. The molecule has 3 heteroatoms. The molecule has 3 unspecified atom stereocenters. The minimum Gasteiger partial charge on any atom is -0.309 e. The molecule has 0 amide bonds. The predicted molar refractivity (Wildman–Crippen MR) is 69.6 cm³/mol. The van der Waals surface area contributed by atoms with E-state index in [-0.39, 0.29) is 5.82 Å². The van der Waals surface area contributed by atoms with Gasteiger partial charge in [-0.3, -0.25) is 0 Å². The molecular weight excluding hydrogens is 237 g/mol. The third-order valence-electron chi connectivity index (χ3n) is 4.07. The zero-order chi connectivity index (χ0) is 12.4. The molecule has 1 aliphatic carbocycles. The Hall–Kier alpha value is -0.600. The minimum absolute atomic E-state index is 0.219. The molecule has 0 radical (unpaired) electrons. The lowest BCUT2D eigenvalue weighted by atomic mass is 9.97. The zero-order valence-corrected chi connectivity index (χ0v) is 11.1. The number of halogens is 2. The first-order valence-corrected chi connectivity index (χ1v) is 6.63. The van der Waals surface area contributed by atoms with Crippen LogP contribution in [-0.4, -0.2) is 6.04 Å². The van der Waals surface area contributed by atoms with Gasteiger partial charge in [0.15, 0.2) is 0 Å². The van der Waals surface area contributed by atoms with Gasteiger partial charge in [0.05, 0.1) is 0 Å². The summed E-state index contributed by atoms with van der Waals surface area (Å²) < 4.78 is 13.6. The summed E-state index contributed by atoms with van der Waals surface area (Å²) in [6.07, 6.45) is 2.43. The van der Waals surface area contributed by atoms with Crippen molar-refractivity contribution in [3.05, 3.63) is 34.6 Å². The molecule has 1 fully saturated rings. The summed E-state index contributed by atoms with van der Waals surface area (Å²) in [4.78, 5) is 0. The molecule has 1 aromatic rings. The van der Waals surface area contributed by atoms with Crippen LogP contribution in [0, 0.1) is 17.7 Å². The van der Waals surface area contributed by atoms with Crippen LogP contribution in [0.2, 0.25) is 5.02 Å². The Morgan fingerprint density at radius 2 is 2.12 bits per heavy atom. The van der Waals surface area contributed by atoms with Crippen LogP contribution in [0.25, 0.3) is 0 Å². The molecule has 1 N–H and O–H groups in total. The molecule has 0 saturated heterocycles. The van der Waals surface area contributed by atoms with E-state index in [2.05, 4.69) is 19.2 Å². The zero-order valence-electron chi connectivity index (χ0n) is 10.3. The molecule has 1 saturated carbocycles. The van der Waals surface area contributed by atoms with E-state index in [1.54, 1.807) is 12.1 Å². The second-order valence-corrected chi connectivity index (χ2v) is 5.51. The molecule has 0 heterocycles. The number of hydrogen-bond acceptors (Lipinski definition) is 1. The van der Waals surface area contributed by atoms with Gasteiger partial charge in [-0.25, -0.2) is 4.39 Å².